The summed E-state index contributed by atoms with van der Waals surface area (Å²) in [5.41, 5.74) is 2.84. The highest BCUT2D eigenvalue weighted by Gasteiger charge is 2.15. The fourth-order valence-electron chi connectivity index (χ4n) is 1.64. The van der Waals surface area contributed by atoms with Gasteiger partial charge < -0.3 is 24.1 Å². The molecule has 24 heavy (non-hydrogen) atoms. The van der Waals surface area contributed by atoms with Crippen LogP contribution in [-0.2, 0) is 9.53 Å². The number of hydrogen-bond donors (Lipinski definition) is 1. The van der Waals surface area contributed by atoms with Gasteiger partial charge >= 0.3 is 6.09 Å². The Bertz CT molecular complexity index is 634. The predicted octanol–water partition coefficient (Wildman–Crippen LogP) is 1.07. The molecule has 0 aromatic heterocycles. The quantitative estimate of drug-likeness (QED) is 0.614. The second-order valence-electron chi connectivity index (χ2n) is 5.84. The van der Waals surface area contributed by atoms with Crippen LogP contribution in [0.3, 0.4) is 0 Å². The molecule has 8 heteroatoms. The first-order valence-corrected chi connectivity index (χ1v) is 7.16. The van der Waals surface area contributed by atoms with E-state index in [1.165, 1.54) is 7.11 Å². The van der Waals surface area contributed by atoms with Gasteiger partial charge in [0.15, 0.2) is 11.5 Å². The maximum Gasteiger partial charge on any atom is 0.428 e. The van der Waals surface area contributed by atoms with Crippen molar-refractivity contribution in [1.82, 2.24) is 5.43 Å². The molecule has 0 saturated heterocycles. The van der Waals surface area contributed by atoms with E-state index in [4.69, 9.17) is 14.2 Å². The zero-order valence-corrected chi connectivity index (χ0v) is 14.3. The standard InChI is InChI=1S/C16H22N2O6/c1-10(17-18-15(21)24-16(2,3)4)11-6-7-12(13(8-11)22-5)23-9-14(19)20/h6-8H,9H2,1-5H3,(H,18,21)(H,19,20)/p-1/b17-10-. The van der Waals surface area contributed by atoms with Crippen LogP contribution in [0.25, 0.3) is 0 Å². The van der Waals surface area contributed by atoms with E-state index in [-0.39, 0.29) is 5.75 Å². The first kappa shape index (κ1) is 19.3. The van der Waals surface area contributed by atoms with Gasteiger partial charge in [-0.3, -0.25) is 0 Å². The third-order valence-corrected chi connectivity index (χ3v) is 2.64. The molecule has 0 fully saturated rings. The summed E-state index contributed by atoms with van der Waals surface area (Å²) in [5, 5.41) is 14.4. The molecule has 1 N–H and O–H groups in total. The van der Waals surface area contributed by atoms with Crippen molar-refractivity contribution in [3.8, 4) is 11.5 Å². The van der Waals surface area contributed by atoms with Gasteiger partial charge in [0.2, 0.25) is 0 Å². The van der Waals surface area contributed by atoms with E-state index < -0.39 is 24.3 Å². The molecule has 0 heterocycles. The number of nitrogens with one attached hydrogen (secondary N) is 1. The summed E-state index contributed by atoms with van der Waals surface area (Å²) in [6.07, 6.45) is -0.664. The second kappa shape index (κ2) is 8.19. The van der Waals surface area contributed by atoms with Crippen molar-refractivity contribution in [3.63, 3.8) is 0 Å². The van der Waals surface area contributed by atoms with Crippen molar-refractivity contribution in [3.05, 3.63) is 23.8 Å². The highest BCUT2D eigenvalue weighted by atomic mass is 16.6. The van der Waals surface area contributed by atoms with Crippen LogP contribution >= 0.6 is 0 Å². The average molecular weight is 337 g/mol. The van der Waals surface area contributed by atoms with Gasteiger partial charge in [-0.15, -0.1) is 0 Å². The van der Waals surface area contributed by atoms with Crippen molar-refractivity contribution >= 4 is 17.8 Å². The van der Waals surface area contributed by atoms with E-state index in [1.54, 1.807) is 45.9 Å². The fourth-order valence-corrected chi connectivity index (χ4v) is 1.64. The number of benzene rings is 1. The first-order valence-electron chi connectivity index (χ1n) is 7.16. The van der Waals surface area contributed by atoms with Gasteiger partial charge in [-0.1, -0.05) is 0 Å². The SMILES string of the molecule is COc1cc(/C(C)=N\NC(=O)OC(C)(C)C)ccc1OCC(=O)[O-]. The van der Waals surface area contributed by atoms with Gasteiger partial charge in [0.1, 0.15) is 12.2 Å². The van der Waals surface area contributed by atoms with Gasteiger partial charge in [0.25, 0.3) is 0 Å². The van der Waals surface area contributed by atoms with Crippen LogP contribution in [0.15, 0.2) is 23.3 Å². The number of carbonyl (C=O) groups excluding carboxylic acids is 2. The van der Waals surface area contributed by atoms with E-state index in [1.807, 2.05) is 0 Å². The molecule has 1 amide bonds. The fraction of sp³-hybridized carbons (Fsp3) is 0.438. The maximum atomic E-state index is 11.6. The Morgan fingerprint density at radius 2 is 1.92 bits per heavy atom. The van der Waals surface area contributed by atoms with Crippen molar-refractivity contribution in [2.45, 2.75) is 33.3 Å². The van der Waals surface area contributed by atoms with Crippen molar-refractivity contribution in [2.24, 2.45) is 5.10 Å². The number of hydrogen-bond acceptors (Lipinski definition) is 7. The Morgan fingerprint density at radius 1 is 1.25 bits per heavy atom. The number of ether oxygens (including phenoxy) is 3. The van der Waals surface area contributed by atoms with Crippen LogP contribution in [0.2, 0.25) is 0 Å². The number of carbonyl (C=O) groups is 2. The molecule has 0 aliphatic carbocycles. The van der Waals surface area contributed by atoms with Gasteiger partial charge in [0.05, 0.1) is 18.8 Å². The third-order valence-electron chi connectivity index (χ3n) is 2.64. The topological polar surface area (TPSA) is 109 Å². The van der Waals surface area contributed by atoms with Crippen LogP contribution in [-0.4, -0.2) is 37.1 Å². The lowest BCUT2D eigenvalue weighted by atomic mass is 10.1. The van der Waals surface area contributed by atoms with Crippen LogP contribution < -0.4 is 20.0 Å². The number of carboxylic acids is 1. The zero-order valence-electron chi connectivity index (χ0n) is 14.3. The Balaban J connectivity index is 2.83. The molecule has 8 nitrogen and oxygen atoms in total. The highest BCUT2D eigenvalue weighted by Crippen LogP contribution is 2.28. The first-order chi connectivity index (χ1) is 11.1. The van der Waals surface area contributed by atoms with Gasteiger partial charge in [-0.2, -0.15) is 5.10 Å². The lowest BCUT2D eigenvalue weighted by molar-refractivity contribution is -0.307. The predicted molar refractivity (Wildman–Crippen MR) is 85.1 cm³/mol. The Hall–Kier alpha value is -2.77. The molecule has 0 saturated carbocycles. The smallest absolute Gasteiger partial charge is 0.428 e. The van der Waals surface area contributed by atoms with Crippen molar-refractivity contribution in [1.29, 1.82) is 0 Å². The summed E-state index contributed by atoms with van der Waals surface area (Å²) in [4.78, 5) is 22.0. The van der Waals surface area contributed by atoms with E-state index in [0.717, 1.165) is 0 Å². The highest BCUT2D eigenvalue weighted by molar-refractivity contribution is 5.99. The molecule has 1 aromatic carbocycles. The monoisotopic (exact) mass is 337 g/mol. The third kappa shape index (κ3) is 6.55. The number of aliphatic carboxylic acids is 1. The number of rotatable bonds is 6. The largest absolute Gasteiger partial charge is 0.546 e. The molecule has 132 valence electrons. The Labute approximate surface area is 140 Å². The summed E-state index contributed by atoms with van der Waals surface area (Å²) in [7, 11) is 1.43. The average Bonchev–Trinajstić information content (AvgIpc) is 2.48. The molecule has 0 radical (unpaired) electrons. The summed E-state index contributed by atoms with van der Waals surface area (Å²) in [6.45, 7) is 6.36. The molecule has 0 unspecified atom stereocenters. The molecule has 0 aliphatic rings. The number of carboxylic acid groups (broad SMARTS) is 1. The van der Waals surface area contributed by atoms with E-state index in [0.29, 0.717) is 17.0 Å². The number of amides is 1. The molecular formula is C16H21N2O6-. The number of methoxy groups -OCH3 is 1. The molecule has 0 aliphatic heterocycles. The van der Waals surface area contributed by atoms with E-state index >= 15 is 0 Å². The van der Waals surface area contributed by atoms with Crippen LogP contribution in [0.1, 0.15) is 33.3 Å². The van der Waals surface area contributed by atoms with E-state index in [9.17, 15) is 14.7 Å². The van der Waals surface area contributed by atoms with Crippen molar-refractivity contribution in [2.75, 3.05) is 13.7 Å². The summed E-state index contributed by atoms with van der Waals surface area (Å²) < 4.78 is 15.3. The Kier molecular flexibility index (Phi) is 6.58. The van der Waals surface area contributed by atoms with Gasteiger partial charge in [-0.05, 0) is 45.9 Å². The van der Waals surface area contributed by atoms with Crippen molar-refractivity contribution < 1.29 is 28.9 Å². The summed E-state index contributed by atoms with van der Waals surface area (Å²) in [5.74, 6) is -0.737. The molecular weight excluding hydrogens is 316 g/mol. The number of nitrogens with zero attached hydrogens (tertiary/aromatic N) is 1. The van der Waals surface area contributed by atoms with Gasteiger partial charge in [0, 0.05) is 5.56 Å². The summed E-state index contributed by atoms with van der Waals surface area (Å²) >= 11 is 0. The number of hydrazone groups is 1. The molecule has 0 bridgehead atoms. The minimum Gasteiger partial charge on any atom is -0.546 e. The molecule has 0 atom stereocenters. The Morgan fingerprint density at radius 3 is 2.46 bits per heavy atom. The van der Waals surface area contributed by atoms with Crippen LogP contribution in [0.4, 0.5) is 4.79 Å². The zero-order chi connectivity index (χ0) is 18.3. The second-order valence-corrected chi connectivity index (χ2v) is 5.84. The normalized spacial score (nSPS) is 11.6. The minimum absolute atomic E-state index is 0.262. The molecule has 1 aromatic rings. The lowest BCUT2D eigenvalue weighted by Gasteiger charge is -2.18. The molecule has 1 rings (SSSR count). The van der Waals surface area contributed by atoms with Crippen LogP contribution in [0.5, 0.6) is 11.5 Å². The summed E-state index contributed by atoms with van der Waals surface area (Å²) in [6, 6.07) is 4.81. The van der Waals surface area contributed by atoms with Crippen LogP contribution in [0, 0.1) is 0 Å². The minimum atomic E-state index is -1.33. The van der Waals surface area contributed by atoms with E-state index in [2.05, 4.69) is 10.5 Å². The van der Waals surface area contributed by atoms with Gasteiger partial charge in [-0.25, -0.2) is 10.2 Å². The lowest BCUT2D eigenvalue weighted by Crippen LogP contribution is -2.30. The maximum absolute atomic E-state index is 11.6. The molecule has 0 spiro atoms.